The SMILES string of the molecule is C[C@]1(c2ccc(CCC(=O)NC(CO)C(=O)O)cc2)C(=O)Nc2nc(-c3nn(Cc4ccccc4F)c4ncccc34)nc(N)c21. The Hall–Kier alpha value is -5.76. The van der Waals surface area contributed by atoms with Crippen LogP contribution in [-0.4, -0.2) is 65.4 Å². The van der Waals surface area contributed by atoms with Crippen LogP contribution in [0.1, 0.15) is 35.6 Å². The van der Waals surface area contributed by atoms with Crippen molar-refractivity contribution in [1.29, 1.82) is 0 Å². The summed E-state index contributed by atoms with van der Waals surface area (Å²) in [6.45, 7) is 1.14. The monoisotopic (exact) mass is 624 g/mol. The van der Waals surface area contributed by atoms with E-state index in [-0.39, 0.29) is 42.2 Å². The third kappa shape index (κ3) is 5.38. The lowest BCUT2D eigenvalue weighted by Gasteiger charge is -2.23. The third-order valence-electron chi connectivity index (χ3n) is 8.11. The van der Waals surface area contributed by atoms with Crippen molar-refractivity contribution in [3.63, 3.8) is 0 Å². The molecule has 46 heavy (non-hydrogen) atoms. The number of pyridine rings is 1. The van der Waals surface area contributed by atoms with E-state index in [1.807, 2.05) is 0 Å². The Morgan fingerprint density at radius 1 is 1.11 bits per heavy atom. The number of fused-ring (bicyclic) bond motifs is 2. The molecule has 1 unspecified atom stereocenters. The number of aliphatic hydroxyl groups is 1. The highest BCUT2D eigenvalue weighted by Gasteiger charge is 2.47. The Bertz CT molecular complexity index is 2000. The molecule has 0 saturated carbocycles. The fourth-order valence-electron chi connectivity index (χ4n) is 5.58. The summed E-state index contributed by atoms with van der Waals surface area (Å²) in [7, 11) is 0. The van der Waals surface area contributed by atoms with Gasteiger partial charge in [-0.3, -0.25) is 9.59 Å². The molecule has 0 fully saturated rings. The first-order chi connectivity index (χ1) is 22.1. The number of aryl methyl sites for hydroxylation is 1. The van der Waals surface area contributed by atoms with Crippen molar-refractivity contribution in [2.45, 2.75) is 37.8 Å². The number of hydrogen-bond acceptors (Lipinski definition) is 9. The summed E-state index contributed by atoms with van der Waals surface area (Å²) in [5, 5.41) is 28.5. The molecule has 2 aromatic carbocycles. The van der Waals surface area contributed by atoms with Gasteiger partial charge in [-0.25, -0.2) is 28.8 Å². The minimum atomic E-state index is -1.37. The maximum absolute atomic E-state index is 14.4. The second kappa shape index (κ2) is 12.0. The predicted octanol–water partition coefficient (Wildman–Crippen LogP) is 2.41. The highest BCUT2D eigenvalue weighted by Crippen LogP contribution is 2.45. The average molecular weight is 625 g/mol. The van der Waals surface area contributed by atoms with E-state index in [0.29, 0.717) is 39.8 Å². The number of aliphatic hydroxyl groups excluding tert-OH is 1. The summed E-state index contributed by atoms with van der Waals surface area (Å²) in [5.41, 5.74) is 8.41. The van der Waals surface area contributed by atoms with Crippen molar-refractivity contribution in [3.05, 3.63) is 94.9 Å². The Balaban J connectivity index is 1.28. The van der Waals surface area contributed by atoms with E-state index in [4.69, 9.17) is 15.9 Å². The van der Waals surface area contributed by atoms with Crippen molar-refractivity contribution >= 4 is 40.5 Å². The van der Waals surface area contributed by atoms with E-state index >= 15 is 0 Å². The second-order valence-corrected chi connectivity index (χ2v) is 11.0. The van der Waals surface area contributed by atoms with Crippen molar-refractivity contribution in [2.24, 2.45) is 0 Å². The maximum atomic E-state index is 14.4. The normalized spacial score (nSPS) is 16.2. The smallest absolute Gasteiger partial charge is 0.328 e. The van der Waals surface area contributed by atoms with E-state index in [9.17, 15) is 18.8 Å². The number of carbonyl (C=O) groups is 3. The largest absolute Gasteiger partial charge is 0.480 e. The fourth-order valence-corrected chi connectivity index (χ4v) is 5.58. The molecule has 0 bridgehead atoms. The molecule has 4 heterocycles. The lowest BCUT2D eigenvalue weighted by molar-refractivity contribution is -0.142. The van der Waals surface area contributed by atoms with Gasteiger partial charge in [0.2, 0.25) is 11.8 Å². The van der Waals surface area contributed by atoms with Crippen LogP contribution in [0.25, 0.3) is 22.6 Å². The summed E-state index contributed by atoms with van der Waals surface area (Å²) in [6.07, 6.45) is 1.93. The number of rotatable bonds is 10. The van der Waals surface area contributed by atoms with Gasteiger partial charge < -0.3 is 26.6 Å². The number of nitrogens with zero attached hydrogens (tertiary/aromatic N) is 5. The van der Waals surface area contributed by atoms with Crippen molar-refractivity contribution in [1.82, 2.24) is 30.0 Å². The lowest BCUT2D eigenvalue weighted by atomic mass is 9.77. The number of carbonyl (C=O) groups excluding carboxylic acids is 2. The van der Waals surface area contributed by atoms with Crippen molar-refractivity contribution in [3.8, 4) is 11.5 Å². The van der Waals surface area contributed by atoms with Crippen LogP contribution in [0, 0.1) is 5.82 Å². The number of nitrogens with two attached hydrogens (primary N) is 1. The minimum absolute atomic E-state index is 0.00747. The molecule has 6 rings (SSSR count). The number of benzene rings is 2. The van der Waals surface area contributed by atoms with E-state index < -0.39 is 29.9 Å². The summed E-state index contributed by atoms with van der Waals surface area (Å²) >= 11 is 0. The van der Waals surface area contributed by atoms with Gasteiger partial charge in [-0.15, -0.1) is 0 Å². The number of carboxylic acids is 1. The third-order valence-corrected chi connectivity index (χ3v) is 8.11. The molecule has 6 N–H and O–H groups in total. The quantitative estimate of drug-likeness (QED) is 0.154. The molecule has 5 aromatic rings. The summed E-state index contributed by atoms with van der Waals surface area (Å²) in [4.78, 5) is 50.3. The number of aliphatic carboxylic acids is 1. The highest BCUT2D eigenvalue weighted by molar-refractivity contribution is 6.09. The molecule has 13 nitrogen and oxygen atoms in total. The van der Waals surface area contributed by atoms with Crippen LogP contribution < -0.4 is 16.4 Å². The summed E-state index contributed by atoms with van der Waals surface area (Å²) in [6, 6.07) is 15.6. The zero-order valence-electron chi connectivity index (χ0n) is 24.6. The molecule has 3 aromatic heterocycles. The molecule has 0 aliphatic carbocycles. The molecule has 0 radical (unpaired) electrons. The average Bonchev–Trinajstić information content (AvgIpc) is 3.54. The fraction of sp³-hybridized carbons (Fsp3) is 0.219. The standard InChI is InChI=1S/C32H29FN8O5/c1-32(19-11-8-17(9-12-19)10-13-23(43)36-22(16-42)30(44)45)24-26(34)37-28(38-27(24)39-31(32)46)25-20-6-4-14-35-29(20)41(40-25)15-18-5-2-3-7-21(18)33/h2-9,11-12,14,22,42H,10,13,15-16H2,1H3,(H,36,43)(H,44,45)(H3,34,37,38,39,46)/t22?,32-/m1/s1. The first kappa shape index (κ1) is 30.3. The Kier molecular flexibility index (Phi) is 7.88. The number of nitrogen functional groups attached to an aromatic ring is 1. The highest BCUT2D eigenvalue weighted by atomic mass is 19.1. The molecule has 2 amide bonds. The maximum Gasteiger partial charge on any atom is 0.328 e. The molecular formula is C32H29FN8O5. The second-order valence-electron chi connectivity index (χ2n) is 11.0. The Morgan fingerprint density at radius 2 is 1.87 bits per heavy atom. The predicted molar refractivity (Wildman–Crippen MR) is 165 cm³/mol. The van der Waals surface area contributed by atoms with E-state index in [1.165, 1.54) is 6.07 Å². The van der Waals surface area contributed by atoms with Crippen molar-refractivity contribution < 1.29 is 29.0 Å². The molecule has 14 heteroatoms. The van der Waals surface area contributed by atoms with Gasteiger partial charge in [0.25, 0.3) is 0 Å². The van der Waals surface area contributed by atoms with Gasteiger partial charge in [0.05, 0.1) is 24.1 Å². The minimum Gasteiger partial charge on any atom is -0.480 e. The number of anilines is 2. The van der Waals surface area contributed by atoms with Gasteiger partial charge in [0, 0.05) is 18.2 Å². The zero-order valence-corrected chi connectivity index (χ0v) is 24.6. The Labute approximate surface area is 261 Å². The number of carboxylic acid groups (broad SMARTS) is 1. The molecule has 1 aliphatic heterocycles. The van der Waals surface area contributed by atoms with Gasteiger partial charge in [0.1, 0.15) is 34.6 Å². The van der Waals surface area contributed by atoms with Gasteiger partial charge >= 0.3 is 5.97 Å². The first-order valence-electron chi connectivity index (χ1n) is 14.4. The Morgan fingerprint density at radius 3 is 2.59 bits per heavy atom. The van der Waals surface area contributed by atoms with E-state index in [1.54, 1.807) is 72.4 Å². The van der Waals surface area contributed by atoms with Gasteiger partial charge in [0.15, 0.2) is 11.5 Å². The van der Waals surface area contributed by atoms with Crippen molar-refractivity contribution in [2.75, 3.05) is 17.7 Å². The lowest BCUT2D eigenvalue weighted by Crippen LogP contribution is -2.43. The number of halogens is 1. The molecule has 0 spiro atoms. The van der Waals surface area contributed by atoms with Gasteiger partial charge in [-0.2, -0.15) is 5.10 Å². The van der Waals surface area contributed by atoms with Crippen LogP contribution in [0.5, 0.6) is 0 Å². The molecule has 234 valence electrons. The van der Waals surface area contributed by atoms with Crippen LogP contribution in [0.4, 0.5) is 16.0 Å². The van der Waals surface area contributed by atoms with Crippen LogP contribution in [-0.2, 0) is 32.8 Å². The van der Waals surface area contributed by atoms with Crippen LogP contribution >= 0.6 is 0 Å². The molecule has 2 atom stereocenters. The summed E-state index contributed by atoms with van der Waals surface area (Å²) < 4.78 is 16.0. The van der Waals surface area contributed by atoms with Crippen LogP contribution in [0.3, 0.4) is 0 Å². The van der Waals surface area contributed by atoms with E-state index in [0.717, 1.165) is 5.56 Å². The van der Waals surface area contributed by atoms with Gasteiger partial charge in [-0.1, -0.05) is 42.5 Å². The number of aromatic nitrogens is 5. The molecular weight excluding hydrogens is 595 g/mol. The molecule has 1 aliphatic rings. The molecule has 0 saturated heterocycles. The number of hydrogen-bond donors (Lipinski definition) is 5. The summed E-state index contributed by atoms with van der Waals surface area (Å²) in [5.74, 6) is -2.05. The number of amides is 2. The van der Waals surface area contributed by atoms with Crippen LogP contribution in [0.2, 0.25) is 0 Å². The number of nitrogens with one attached hydrogen (secondary N) is 2. The van der Waals surface area contributed by atoms with E-state index in [2.05, 4.69) is 30.7 Å². The first-order valence-corrected chi connectivity index (χ1v) is 14.4. The van der Waals surface area contributed by atoms with Gasteiger partial charge in [-0.05, 0) is 42.7 Å². The van der Waals surface area contributed by atoms with Crippen LogP contribution in [0.15, 0.2) is 66.9 Å². The zero-order chi connectivity index (χ0) is 32.6. The topological polar surface area (TPSA) is 198 Å².